The molecule has 0 saturated heterocycles. The van der Waals surface area contributed by atoms with E-state index in [9.17, 15) is 4.79 Å². The third kappa shape index (κ3) is 2.16. The molecule has 2 aromatic rings. The number of halogens is 1. The highest BCUT2D eigenvalue weighted by Crippen LogP contribution is 2.19. The Hall–Kier alpha value is -2.20. The van der Waals surface area contributed by atoms with Crippen LogP contribution in [0.4, 0.5) is 0 Å². The molecule has 7 heteroatoms. The Kier molecular flexibility index (Phi) is 2.89. The molecular weight excluding hydrogens is 288 g/mol. The average Bonchev–Trinajstić information content (AvgIpc) is 2.76. The minimum atomic E-state index is -1.07. The van der Waals surface area contributed by atoms with Crippen molar-refractivity contribution < 1.29 is 9.90 Å². The molecule has 17 heavy (non-hydrogen) atoms. The maximum absolute atomic E-state index is 11.0. The van der Waals surface area contributed by atoms with E-state index in [2.05, 4.69) is 26.0 Å². The van der Waals surface area contributed by atoms with Gasteiger partial charge >= 0.3 is 5.97 Å². The van der Waals surface area contributed by atoms with Crippen LogP contribution in [0.5, 0.6) is 0 Å². The van der Waals surface area contributed by atoms with Crippen molar-refractivity contribution in [1.82, 2.24) is 14.8 Å². The van der Waals surface area contributed by atoms with Crippen molar-refractivity contribution in [1.29, 1.82) is 5.26 Å². The van der Waals surface area contributed by atoms with E-state index in [0.717, 1.165) is 0 Å². The minimum Gasteiger partial charge on any atom is -0.478 e. The first-order chi connectivity index (χ1) is 8.11. The van der Waals surface area contributed by atoms with Crippen LogP contribution in [-0.4, -0.2) is 25.8 Å². The second kappa shape index (κ2) is 4.35. The van der Waals surface area contributed by atoms with Crippen LogP contribution in [0.1, 0.15) is 16.2 Å². The molecule has 6 nitrogen and oxygen atoms in total. The van der Waals surface area contributed by atoms with Crippen molar-refractivity contribution in [2.24, 2.45) is 0 Å². The Bertz CT molecular complexity index is 629. The topological polar surface area (TPSA) is 91.8 Å². The summed E-state index contributed by atoms with van der Waals surface area (Å²) in [6.07, 6.45) is 1.30. The largest absolute Gasteiger partial charge is 0.478 e. The third-order valence-electron chi connectivity index (χ3n) is 2.03. The smallest absolute Gasteiger partial charge is 0.337 e. The Morgan fingerprint density at radius 1 is 1.53 bits per heavy atom. The summed E-state index contributed by atoms with van der Waals surface area (Å²) in [7, 11) is 0. The molecule has 0 aliphatic carbocycles. The number of nitriles is 1. The number of hydrogen-bond donors (Lipinski definition) is 1. The molecule has 1 aromatic carbocycles. The Labute approximate surface area is 104 Å². The summed E-state index contributed by atoms with van der Waals surface area (Å²) >= 11 is 3.25. The van der Waals surface area contributed by atoms with Crippen molar-refractivity contribution in [2.75, 3.05) is 0 Å². The Morgan fingerprint density at radius 2 is 2.29 bits per heavy atom. The van der Waals surface area contributed by atoms with Gasteiger partial charge in [0, 0.05) is 4.47 Å². The number of aromatic carboxylic acids is 1. The second-order valence-corrected chi connectivity index (χ2v) is 4.01. The lowest BCUT2D eigenvalue weighted by molar-refractivity contribution is 0.0696. The first-order valence-electron chi connectivity index (χ1n) is 4.47. The zero-order valence-electron chi connectivity index (χ0n) is 8.33. The van der Waals surface area contributed by atoms with Gasteiger partial charge in [0.2, 0.25) is 0 Å². The lowest BCUT2D eigenvalue weighted by Crippen LogP contribution is -2.06. The van der Waals surface area contributed by atoms with E-state index in [1.807, 2.05) is 0 Å². The molecule has 0 radical (unpaired) electrons. The predicted octanol–water partition coefficient (Wildman–Crippen LogP) is 1.60. The lowest BCUT2D eigenvalue weighted by Gasteiger charge is -2.05. The maximum Gasteiger partial charge on any atom is 0.337 e. The molecule has 0 fully saturated rings. The van der Waals surface area contributed by atoms with Crippen molar-refractivity contribution in [3.63, 3.8) is 0 Å². The number of aromatic nitrogens is 3. The summed E-state index contributed by atoms with van der Waals surface area (Å²) < 4.78 is 1.97. The molecule has 84 valence electrons. The van der Waals surface area contributed by atoms with Crippen LogP contribution < -0.4 is 0 Å². The number of nitrogens with zero attached hydrogens (tertiary/aromatic N) is 4. The second-order valence-electron chi connectivity index (χ2n) is 3.09. The summed E-state index contributed by atoms with van der Waals surface area (Å²) in [6.45, 7) is 0. The molecule has 0 bridgehead atoms. The zero-order valence-corrected chi connectivity index (χ0v) is 9.92. The number of hydrogen-bond acceptors (Lipinski definition) is 4. The number of carbonyl (C=O) groups is 1. The van der Waals surface area contributed by atoms with Gasteiger partial charge in [0.15, 0.2) is 0 Å². The fraction of sp³-hybridized carbons (Fsp3) is 0. The summed E-state index contributed by atoms with van der Waals surface area (Å²) in [6, 6.07) is 6.45. The highest BCUT2D eigenvalue weighted by Gasteiger charge is 2.13. The SMILES string of the molecule is N#Cc1ncn(-c2cc(Br)ccc2C(=O)O)n1. The van der Waals surface area contributed by atoms with Crippen LogP contribution >= 0.6 is 15.9 Å². The van der Waals surface area contributed by atoms with Crippen LogP contribution in [0.2, 0.25) is 0 Å². The van der Waals surface area contributed by atoms with E-state index in [-0.39, 0.29) is 11.4 Å². The molecule has 1 aromatic heterocycles. The number of benzene rings is 1. The highest BCUT2D eigenvalue weighted by molar-refractivity contribution is 9.10. The van der Waals surface area contributed by atoms with E-state index >= 15 is 0 Å². The van der Waals surface area contributed by atoms with E-state index in [4.69, 9.17) is 10.4 Å². The van der Waals surface area contributed by atoms with Gasteiger partial charge in [-0.3, -0.25) is 0 Å². The monoisotopic (exact) mass is 292 g/mol. The average molecular weight is 293 g/mol. The van der Waals surface area contributed by atoms with Gasteiger partial charge in [-0.1, -0.05) is 15.9 Å². The summed E-state index contributed by atoms with van der Waals surface area (Å²) in [5.41, 5.74) is 0.434. The van der Waals surface area contributed by atoms with Crippen LogP contribution in [-0.2, 0) is 0 Å². The minimum absolute atomic E-state index is 0.0127. The molecule has 0 saturated carbocycles. The predicted molar refractivity (Wildman–Crippen MR) is 60.7 cm³/mol. The van der Waals surface area contributed by atoms with Gasteiger partial charge in [0.25, 0.3) is 5.82 Å². The fourth-order valence-corrected chi connectivity index (χ4v) is 1.65. The quantitative estimate of drug-likeness (QED) is 0.908. The molecule has 0 amide bonds. The van der Waals surface area contributed by atoms with Crippen molar-refractivity contribution in [3.8, 4) is 11.8 Å². The van der Waals surface area contributed by atoms with Gasteiger partial charge in [0.05, 0.1) is 11.3 Å². The van der Waals surface area contributed by atoms with Crippen LogP contribution in [0.25, 0.3) is 5.69 Å². The third-order valence-corrected chi connectivity index (χ3v) is 2.52. The molecule has 0 aliphatic rings. The molecule has 0 unspecified atom stereocenters. The molecule has 2 rings (SSSR count). The van der Waals surface area contributed by atoms with Gasteiger partial charge in [-0.2, -0.15) is 5.26 Å². The van der Waals surface area contributed by atoms with Gasteiger partial charge in [0.1, 0.15) is 12.4 Å². The van der Waals surface area contributed by atoms with Gasteiger partial charge in [-0.15, -0.1) is 5.10 Å². The first kappa shape index (κ1) is 11.3. The van der Waals surface area contributed by atoms with Crippen LogP contribution in [0.15, 0.2) is 29.0 Å². The molecule has 0 aliphatic heterocycles. The molecule has 0 spiro atoms. The maximum atomic E-state index is 11.0. The summed E-state index contributed by atoms with van der Waals surface area (Å²) in [5, 5.41) is 21.5. The molecular formula is C10H5BrN4O2. The lowest BCUT2D eigenvalue weighted by atomic mass is 10.2. The molecule has 1 N–H and O–H groups in total. The highest BCUT2D eigenvalue weighted by atomic mass is 79.9. The van der Waals surface area contributed by atoms with E-state index < -0.39 is 5.97 Å². The van der Waals surface area contributed by atoms with Crippen molar-refractivity contribution in [3.05, 3.63) is 40.4 Å². The van der Waals surface area contributed by atoms with E-state index in [1.54, 1.807) is 18.2 Å². The van der Waals surface area contributed by atoms with Gasteiger partial charge in [-0.25, -0.2) is 14.5 Å². The first-order valence-corrected chi connectivity index (χ1v) is 5.26. The Balaban J connectivity index is 2.61. The summed E-state index contributed by atoms with van der Waals surface area (Å²) in [4.78, 5) is 14.8. The van der Waals surface area contributed by atoms with Gasteiger partial charge < -0.3 is 5.11 Å². The van der Waals surface area contributed by atoms with Gasteiger partial charge in [-0.05, 0) is 18.2 Å². The van der Waals surface area contributed by atoms with E-state index in [0.29, 0.717) is 10.2 Å². The van der Waals surface area contributed by atoms with Crippen LogP contribution in [0, 0.1) is 11.3 Å². The summed E-state index contributed by atoms with van der Waals surface area (Å²) in [5.74, 6) is -1.08. The fourth-order valence-electron chi connectivity index (χ4n) is 1.31. The number of carboxylic acids is 1. The van der Waals surface area contributed by atoms with Crippen molar-refractivity contribution >= 4 is 21.9 Å². The number of carboxylic acid groups (broad SMARTS) is 1. The van der Waals surface area contributed by atoms with Crippen molar-refractivity contribution in [2.45, 2.75) is 0 Å². The normalized spacial score (nSPS) is 9.88. The molecule has 1 heterocycles. The number of rotatable bonds is 2. The standard InChI is InChI=1S/C10H5BrN4O2/c11-6-1-2-7(10(16)17)8(3-6)15-5-13-9(4-12)14-15/h1-3,5H,(H,16,17). The zero-order chi connectivity index (χ0) is 12.4. The van der Waals surface area contributed by atoms with Crippen LogP contribution in [0.3, 0.4) is 0 Å². The Morgan fingerprint density at radius 3 is 2.88 bits per heavy atom. The molecule has 0 atom stereocenters. The van der Waals surface area contributed by atoms with E-state index in [1.165, 1.54) is 17.1 Å².